The molecule has 2 heterocycles. The third-order valence-electron chi connectivity index (χ3n) is 4.83. The first-order valence-corrected chi connectivity index (χ1v) is 9.10. The standard InChI is InChI=1S/C21H21FN2O2/c1-2-10-26-20(25)12-18-21(14-6-8-17(22)9-7-14)23-19-11-15-4-3-5-16(15)13-24(18)19/h6-9,11,13H,2-5,10,12H2,1H3. The molecule has 1 aliphatic rings. The largest absolute Gasteiger partial charge is 0.465 e. The van der Waals surface area contributed by atoms with Crippen LogP contribution >= 0.6 is 0 Å². The molecule has 4 rings (SSSR count). The van der Waals surface area contributed by atoms with Gasteiger partial charge in [-0.3, -0.25) is 4.79 Å². The number of aromatic nitrogens is 2. The number of carbonyl (C=O) groups excluding carboxylic acids is 1. The van der Waals surface area contributed by atoms with Crippen molar-refractivity contribution in [3.05, 3.63) is 59.2 Å². The van der Waals surface area contributed by atoms with Crippen molar-refractivity contribution >= 4 is 11.6 Å². The fourth-order valence-corrected chi connectivity index (χ4v) is 3.56. The normalized spacial score (nSPS) is 13.2. The van der Waals surface area contributed by atoms with Crippen molar-refractivity contribution in [1.82, 2.24) is 9.38 Å². The van der Waals surface area contributed by atoms with Crippen molar-refractivity contribution in [3.8, 4) is 11.3 Å². The molecule has 0 fully saturated rings. The zero-order chi connectivity index (χ0) is 18.1. The Hall–Kier alpha value is -2.69. The molecule has 3 aromatic rings. The minimum atomic E-state index is -0.291. The number of hydrogen-bond acceptors (Lipinski definition) is 3. The average Bonchev–Trinajstić information content (AvgIpc) is 3.23. The fourth-order valence-electron chi connectivity index (χ4n) is 3.56. The molecule has 2 aromatic heterocycles. The Bertz CT molecular complexity index is 960. The molecule has 5 heteroatoms. The fraction of sp³-hybridized carbons (Fsp3) is 0.333. The van der Waals surface area contributed by atoms with E-state index >= 15 is 0 Å². The molecule has 1 aromatic carbocycles. The maximum atomic E-state index is 13.3. The van der Waals surface area contributed by atoms with E-state index in [0.29, 0.717) is 12.3 Å². The average molecular weight is 352 g/mol. The van der Waals surface area contributed by atoms with E-state index in [4.69, 9.17) is 9.72 Å². The van der Waals surface area contributed by atoms with Gasteiger partial charge in [-0.2, -0.15) is 0 Å². The molecular formula is C21H21FN2O2. The molecule has 0 amide bonds. The Morgan fingerprint density at radius 3 is 2.77 bits per heavy atom. The van der Waals surface area contributed by atoms with Crippen LogP contribution in [0.3, 0.4) is 0 Å². The van der Waals surface area contributed by atoms with Crippen LogP contribution in [-0.2, 0) is 28.8 Å². The van der Waals surface area contributed by atoms with Crippen molar-refractivity contribution in [2.45, 2.75) is 39.0 Å². The number of benzene rings is 1. The lowest BCUT2D eigenvalue weighted by atomic mass is 10.1. The van der Waals surface area contributed by atoms with Crippen molar-refractivity contribution in [2.75, 3.05) is 6.61 Å². The second-order valence-electron chi connectivity index (χ2n) is 6.72. The number of fused-ring (bicyclic) bond motifs is 2. The van der Waals surface area contributed by atoms with Crippen LogP contribution in [0.1, 0.15) is 36.6 Å². The highest BCUT2D eigenvalue weighted by Gasteiger charge is 2.21. The number of ether oxygens (including phenoxy) is 1. The Morgan fingerprint density at radius 2 is 2.00 bits per heavy atom. The van der Waals surface area contributed by atoms with Gasteiger partial charge in [0.05, 0.1) is 24.4 Å². The summed E-state index contributed by atoms with van der Waals surface area (Å²) in [5, 5.41) is 0. The minimum absolute atomic E-state index is 0.145. The lowest BCUT2D eigenvalue weighted by molar-refractivity contribution is -0.142. The molecule has 0 unspecified atom stereocenters. The quantitative estimate of drug-likeness (QED) is 0.649. The minimum Gasteiger partial charge on any atom is -0.465 e. The highest BCUT2D eigenvalue weighted by atomic mass is 19.1. The van der Waals surface area contributed by atoms with Gasteiger partial charge in [-0.25, -0.2) is 9.37 Å². The Morgan fingerprint density at radius 1 is 1.23 bits per heavy atom. The maximum absolute atomic E-state index is 13.3. The number of rotatable bonds is 5. The summed E-state index contributed by atoms with van der Waals surface area (Å²) in [6, 6.07) is 8.34. The van der Waals surface area contributed by atoms with Gasteiger partial charge in [0.1, 0.15) is 11.5 Å². The van der Waals surface area contributed by atoms with E-state index in [0.717, 1.165) is 42.6 Å². The van der Waals surface area contributed by atoms with Crippen LogP contribution in [0.4, 0.5) is 4.39 Å². The summed E-state index contributed by atoms with van der Waals surface area (Å²) in [7, 11) is 0. The SMILES string of the molecule is CCCOC(=O)Cc1c(-c2ccc(F)cc2)nc2cc3c(cn12)CCC3. The smallest absolute Gasteiger partial charge is 0.311 e. The van der Waals surface area contributed by atoms with E-state index in [1.165, 1.54) is 23.3 Å². The number of carbonyl (C=O) groups is 1. The first-order chi connectivity index (χ1) is 12.7. The lowest BCUT2D eigenvalue weighted by Gasteiger charge is -2.07. The van der Waals surface area contributed by atoms with Gasteiger partial charge in [-0.05, 0) is 67.1 Å². The predicted molar refractivity (Wildman–Crippen MR) is 97.6 cm³/mol. The topological polar surface area (TPSA) is 43.6 Å². The molecule has 26 heavy (non-hydrogen) atoms. The second kappa shape index (κ2) is 6.90. The zero-order valence-electron chi connectivity index (χ0n) is 14.8. The summed E-state index contributed by atoms with van der Waals surface area (Å²) in [5.74, 6) is -0.557. The van der Waals surface area contributed by atoms with Crippen molar-refractivity contribution in [2.24, 2.45) is 0 Å². The molecule has 0 radical (unpaired) electrons. The molecule has 4 nitrogen and oxygen atoms in total. The van der Waals surface area contributed by atoms with E-state index in [2.05, 4.69) is 12.3 Å². The molecule has 0 bridgehead atoms. The summed E-state index contributed by atoms with van der Waals surface area (Å²) in [4.78, 5) is 17.0. The monoisotopic (exact) mass is 352 g/mol. The number of esters is 1. The molecule has 1 aliphatic carbocycles. The first kappa shape index (κ1) is 16.8. The van der Waals surface area contributed by atoms with E-state index < -0.39 is 0 Å². The van der Waals surface area contributed by atoms with Crippen LogP contribution in [0.25, 0.3) is 16.9 Å². The first-order valence-electron chi connectivity index (χ1n) is 9.10. The van der Waals surface area contributed by atoms with Gasteiger partial charge in [0.2, 0.25) is 0 Å². The molecule has 0 atom stereocenters. The van der Waals surface area contributed by atoms with Crippen molar-refractivity contribution in [1.29, 1.82) is 0 Å². The van der Waals surface area contributed by atoms with E-state index in [-0.39, 0.29) is 18.2 Å². The third-order valence-corrected chi connectivity index (χ3v) is 4.83. The summed E-state index contributed by atoms with van der Waals surface area (Å²) >= 11 is 0. The third kappa shape index (κ3) is 3.09. The van der Waals surface area contributed by atoms with Gasteiger partial charge in [-0.15, -0.1) is 0 Å². The Balaban J connectivity index is 1.82. The molecule has 0 spiro atoms. The molecule has 0 aliphatic heterocycles. The number of aryl methyl sites for hydroxylation is 2. The van der Waals surface area contributed by atoms with Crippen LogP contribution in [0.15, 0.2) is 36.5 Å². The van der Waals surface area contributed by atoms with E-state index in [1.807, 2.05) is 11.3 Å². The van der Waals surface area contributed by atoms with Crippen LogP contribution in [0.5, 0.6) is 0 Å². The zero-order valence-corrected chi connectivity index (χ0v) is 14.8. The van der Waals surface area contributed by atoms with Crippen LogP contribution in [0.2, 0.25) is 0 Å². The molecule has 0 saturated heterocycles. The van der Waals surface area contributed by atoms with Crippen LogP contribution < -0.4 is 0 Å². The van der Waals surface area contributed by atoms with E-state index in [1.54, 1.807) is 12.1 Å². The molecule has 0 saturated carbocycles. The number of pyridine rings is 1. The summed E-state index contributed by atoms with van der Waals surface area (Å²) < 4.78 is 20.6. The number of imidazole rings is 1. The summed E-state index contributed by atoms with van der Waals surface area (Å²) in [6.07, 6.45) is 6.30. The molecule has 0 N–H and O–H groups in total. The van der Waals surface area contributed by atoms with Gasteiger partial charge in [0, 0.05) is 11.8 Å². The molecular weight excluding hydrogens is 331 g/mol. The predicted octanol–water partition coefficient (Wildman–Crippen LogP) is 4.12. The van der Waals surface area contributed by atoms with Gasteiger partial charge >= 0.3 is 5.97 Å². The lowest BCUT2D eigenvalue weighted by Crippen LogP contribution is -2.11. The number of hydrogen-bond donors (Lipinski definition) is 0. The van der Waals surface area contributed by atoms with Gasteiger partial charge in [-0.1, -0.05) is 6.92 Å². The van der Waals surface area contributed by atoms with Crippen LogP contribution in [-0.4, -0.2) is 22.0 Å². The van der Waals surface area contributed by atoms with Gasteiger partial charge in [0.25, 0.3) is 0 Å². The Kier molecular flexibility index (Phi) is 4.45. The van der Waals surface area contributed by atoms with Gasteiger partial charge < -0.3 is 9.14 Å². The Labute approximate surface area is 151 Å². The maximum Gasteiger partial charge on any atom is 0.311 e. The highest BCUT2D eigenvalue weighted by Crippen LogP contribution is 2.29. The summed E-state index contributed by atoms with van der Waals surface area (Å²) in [6.45, 7) is 2.38. The highest BCUT2D eigenvalue weighted by molar-refractivity contribution is 5.77. The van der Waals surface area contributed by atoms with E-state index in [9.17, 15) is 9.18 Å². The summed E-state index contributed by atoms with van der Waals surface area (Å²) in [5.41, 5.74) is 5.76. The van der Waals surface area contributed by atoms with Gasteiger partial charge in [0.15, 0.2) is 0 Å². The number of nitrogens with zero attached hydrogens (tertiary/aromatic N) is 2. The van der Waals surface area contributed by atoms with Crippen LogP contribution in [0, 0.1) is 5.82 Å². The molecule has 134 valence electrons. The number of halogens is 1. The van der Waals surface area contributed by atoms with Crippen molar-refractivity contribution in [3.63, 3.8) is 0 Å². The van der Waals surface area contributed by atoms with Crippen molar-refractivity contribution < 1.29 is 13.9 Å². The second-order valence-corrected chi connectivity index (χ2v) is 6.72.